The van der Waals surface area contributed by atoms with Crippen LogP contribution in [0.25, 0.3) is 0 Å². The lowest BCUT2D eigenvalue weighted by Crippen LogP contribution is -2.51. The second-order valence-electron chi connectivity index (χ2n) is 17.2. The summed E-state index contributed by atoms with van der Waals surface area (Å²) in [5.41, 5.74) is 2.38. The molecule has 1 spiro atoms. The molecule has 1 atom stereocenters. The number of hydrogen-bond acceptors (Lipinski definition) is 7. The summed E-state index contributed by atoms with van der Waals surface area (Å²) in [6, 6.07) is 14.8. The number of carbonyl (C=O) groups excluding carboxylic acids is 2. The summed E-state index contributed by atoms with van der Waals surface area (Å²) in [5, 5.41) is 26.2. The zero-order valence-corrected chi connectivity index (χ0v) is 32.7. The fourth-order valence-electron chi connectivity index (χ4n) is 6.83. The lowest BCUT2D eigenvalue weighted by atomic mass is 9.69. The number of benzene rings is 2. The second kappa shape index (κ2) is 16.3. The molecule has 2 aliphatic rings. The van der Waals surface area contributed by atoms with Crippen LogP contribution in [0.4, 0.5) is 0 Å². The van der Waals surface area contributed by atoms with Crippen molar-refractivity contribution in [1.29, 1.82) is 0 Å². The van der Waals surface area contributed by atoms with Crippen LogP contribution in [-0.4, -0.2) is 87.5 Å². The highest BCUT2D eigenvalue weighted by Gasteiger charge is 2.52. The minimum absolute atomic E-state index is 0.0564. The normalized spacial score (nSPS) is 20.1. The number of nitrogens with one attached hydrogen (secondary N) is 1. The predicted molar refractivity (Wildman–Crippen MR) is 201 cm³/mol. The van der Waals surface area contributed by atoms with Gasteiger partial charge in [0.15, 0.2) is 0 Å². The van der Waals surface area contributed by atoms with Gasteiger partial charge < -0.3 is 24.9 Å². The van der Waals surface area contributed by atoms with Crippen LogP contribution in [0.3, 0.4) is 0 Å². The van der Waals surface area contributed by atoms with Crippen LogP contribution < -0.4 is 10.4 Å². The molecule has 1 aromatic heterocycles. The number of aliphatic hydroxyl groups excluding tert-OH is 1. The Bertz CT molecular complexity index is 1630. The van der Waals surface area contributed by atoms with Gasteiger partial charge in [-0.15, -0.1) is 0 Å². The Kier molecular flexibility index (Phi) is 12.8. The fourth-order valence-corrected chi connectivity index (χ4v) is 7.02. The maximum absolute atomic E-state index is 14.5. The van der Waals surface area contributed by atoms with Gasteiger partial charge in [-0.2, -0.15) is 5.21 Å². The van der Waals surface area contributed by atoms with Crippen molar-refractivity contribution in [2.45, 2.75) is 98.3 Å². The molecule has 11 nitrogen and oxygen atoms in total. The highest BCUT2D eigenvalue weighted by atomic mass is 35.5. The second-order valence-corrected chi connectivity index (χ2v) is 17.7. The van der Waals surface area contributed by atoms with E-state index in [1.807, 2.05) is 48.5 Å². The van der Waals surface area contributed by atoms with E-state index in [0.717, 1.165) is 60.7 Å². The van der Waals surface area contributed by atoms with Gasteiger partial charge in [-0.05, 0) is 85.1 Å². The van der Waals surface area contributed by atoms with Gasteiger partial charge in [0.25, 0.3) is 11.8 Å². The molecule has 2 aromatic carbocycles. The number of quaternary nitrogens is 1. The number of tetrazole rings is 1. The Labute approximate surface area is 308 Å². The highest BCUT2D eigenvalue weighted by Crippen LogP contribution is 2.50. The van der Waals surface area contributed by atoms with E-state index in [4.69, 9.17) is 21.7 Å². The zero-order chi connectivity index (χ0) is 37.6. The first kappa shape index (κ1) is 40.1. The molecule has 1 aliphatic carbocycles. The monoisotopic (exact) mass is 720 g/mol. The Morgan fingerprint density at radius 2 is 1.75 bits per heavy atom. The molecule has 3 aromatic rings. The smallest absolute Gasteiger partial charge is 0.275 e. The lowest BCUT2D eigenvalue weighted by Gasteiger charge is -2.47. The van der Waals surface area contributed by atoms with Crippen molar-refractivity contribution >= 4 is 29.1 Å². The molecule has 1 aliphatic heterocycles. The molecule has 0 bridgehead atoms. The third-order valence-corrected chi connectivity index (χ3v) is 10.1. The molecule has 2 heterocycles. The van der Waals surface area contributed by atoms with Crippen molar-refractivity contribution in [2.24, 2.45) is 21.7 Å². The van der Waals surface area contributed by atoms with E-state index in [1.165, 1.54) is 0 Å². The van der Waals surface area contributed by atoms with Crippen LogP contribution in [0.1, 0.15) is 113 Å². The quantitative estimate of drug-likeness (QED) is 0.237. The molecule has 2 N–H and O–H groups in total. The van der Waals surface area contributed by atoms with Crippen molar-refractivity contribution in [2.75, 3.05) is 34.3 Å². The van der Waals surface area contributed by atoms with Crippen molar-refractivity contribution in [3.05, 3.63) is 76.1 Å². The van der Waals surface area contributed by atoms with E-state index in [-0.39, 0.29) is 41.8 Å². The summed E-state index contributed by atoms with van der Waals surface area (Å²) < 4.78 is 0.844. The van der Waals surface area contributed by atoms with Gasteiger partial charge in [0.2, 0.25) is 0 Å². The molecular weight excluding hydrogens is 664 g/mol. The Hall–Kier alpha value is -3.67. The maximum Gasteiger partial charge on any atom is 0.275 e. The van der Waals surface area contributed by atoms with E-state index in [1.54, 1.807) is 0 Å². The van der Waals surface area contributed by atoms with Crippen LogP contribution in [-0.2, 0) is 11.3 Å². The van der Waals surface area contributed by atoms with Crippen LogP contribution in [0.15, 0.2) is 53.5 Å². The molecular formula is C39H57ClN8O3. The van der Waals surface area contributed by atoms with E-state index >= 15 is 0 Å². The summed E-state index contributed by atoms with van der Waals surface area (Å²) in [5.74, 6) is 0.617. The molecule has 5 rings (SSSR count). The highest BCUT2D eigenvalue weighted by molar-refractivity contribution is 6.47. The van der Waals surface area contributed by atoms with Gasteiger partial charge in [0, 0.05) is 28.5 Å². The summed E-state index contributed by atoms with van der Waals surface area (Å²) in [4.78, 5) is 34.8. The Balaban J connectivity index is 0.000000755. The topological polar surface area (TPSA) is 135 Å². The number of halogens is 1. The van der Waals surface area contributed by atoms with Crippen molar-refractivity contribution in [3.63, 3.8) is 0 Å². The van der Waals surface area contributed by atoms with E-state index in [9.17, 15) is 9.59 Å². The number of rotatable bonds is 10. The first-order valence-corrected chi connectivity index (χ1v) is 18.4. The average molecular weight is 721 g/mol. The first-order valence-electron chi connectivity index (χ1n) is 18.0. The molecule has 0 unspecified atom stereocenters. The molecule has 51 heavy (non-hydrogen) atoms. The largest absolute Gasteiger partial charge is 0.391 e. The van der Waals surface area contributed by atoms with Gasteiger partial charge in [0.1, 0.15) is 17.9 Å². The Morgan fingerprint density at radius 1 is 1.08 bits per heavy atom. The van der Waals surface area contributed by atoms with E-state index < -0.39 is 5.66 Å². The average Bonchev–Trinajstić information content (AvgIpc) is 3.66. The SMILES string of the molecule is CC(C)(C)CC[C@H](c1ccc(C(=O)NCc2nnn[n-]2)cc1)N1C(=O)C(c2cccc(Cl)c2)=NC12CCC(C(C)(C)C)CC2.C[N+](C)(C)CCO. The number of aromatic nitrogens is 4. The summed E-state index contributed by atoms with van der Waals surface area (Å²) in [6.45, 7) is 14.8. The van der Waals surface area contributed by atoms with Gasteiger partial charge >= 0.3 is 0 Å². The van der Waals surface area contributed by atoms with Crippen molar-refractivity contribution < 1.29 is 19.2 Å². The van der Waals surface area contributed by atoms with Crippen LogP contribution in [0.2, 0.25) is 5.02 Å². The number of hydrogen-bond donors (Lipinski definition) is 2. The molecule has 1 fully saturated rings. The predicted octanol–water partition coefficient (Wildman–Crippen LogP) is 6.23. The maximum atomic E-state index is 14.5. The number of aliphatic imine (C=N–C) groups is 1. The molecule has 2 amide bonds. The zero-order valence-electron chi connectivity index (χ0n) is 31.9. The molecule has 1 saturated carbocycles. The molecule has 12 heteroatoms. The number of amides is 2. The minimum Gasteiger partial charge on any atom is -0.391 e. The van der Waals surface area contributed by atoms with Gasteiger partial charge in [-0.3, -0.25) is 24.9 Å². The van der Waals surface area contributed by atoms with Crippen LogP contribution in [0, 0.1) is 16.7 Å². The Morgan fingerprint density at radius 3 is 2.25 bits per heavy atom. The number of aliphatic hydroxyl groups is 1. The third kappa shape index (κ3) is 10.9. The summed E-state index contributed by atoms with van der Waals surface area (Å²) in [7, 11) is 6.16. The van der Waals surface area contributed by atoms with Gasteiger partial charge in [0.05, 0.1) is 33.8 Å². The van der Waals surface area contributed by atoms with Crippen molar-refractivity contribution in [3.8, 4) is 0 Å². The lowest BCUT2D eigenvalue weighted by molar-refractivity contribution is -0.870. The molecule has 278 valence electrons. The van der Waals surface area contributed by atoms with Crippen LogP contribution in [0.5, 0.6) is 0 Å². The molecule has 0 radical (unpaired) electrons. The number of carbonyl (C=O) groups is 2. The van der Waals surface area contributed by atoms with Crippen molar-refractivity contribution in [1.82, 2.24) is 30.8 Å². The summed E-state index contributed by atoms with van der Waals surface area (Å²) in [6.07, 6.45) is 5.32. The third-order valence-electron chi connectivity index (χ3n) is 9.87. The summed E-state index contributed by atoms with van der Waals surface area (Å²) >= 11 is 6.38. The standard InChI is InChI=1S/C34H44ClN7O2.C5H14NO/c1-32(2,3)17-16-27(22-10-12-23(13-11-22)30(43)36-21-28-38-40-41-39-28)42-31(44)29(24-8-7-9-26(35)20-24)37-34(42)18-14-25(15-19-34)33(4,5)6;1-6(2,3)4-5-7/h7-13,20,25,27H,14-19,21H2,1-6H3,(H2,36,38,39,40,41,43);7H,4-5H2,1-3H3/q;+1/p-1/t25?,27-,34?;/m1./s1. The fraction of sp³-hybridized carbons (Fsp3) is 0.590. The first-order chi connectivity index (χ1) is 23.8. The van der Waals surface area contributed by atoms with E-state index in [0.29, 0.717) is 28.0 Å². The number of nitrogens with zero attached hydrogens (tertiary/aromatic N) is 7. The van der Waals surface area contributed by atoms with Crippen LogP contribution >= 0.6 is 11.6 Å². The number of likely N-dealkylation sites (N-methyl/N-ethyl adjacent to an activating group) is 1. The van der Waals surface area contributed by atoms with E-state index in [2.05, 4.69) is 93.5 Å². The minimum atomic E-state index is -0.628. The van der Waals surface area contributed by atoms with Gasteiger partial charge in [-0.25, -0.2) is 0 Å². The molecule has 0 saturated heterocycles. The van der Waals surface area contributed by atoms with Gasteiger partial charge in [-0.1, -0.05) is 77.4 Å².